The summed E-state index contributed by atoms with van der Waals surface area (Å²) >= 11 is 5.86. The van der Waals surface area contributed by atoms with Gasteiger partial charge in [-0.15, -0.1) is 0 Å². The molecule has 18 heavy (non-hydrogen) atoms. The van der Waals surface area contributed by atoms with Crippen LogP contribution in [0.5, 0.6) is 0 Å². The third-order valence-corrected chi connectivity index (χ3v) is 2.92. The molecule has 0 aliphatic rings. The molecule has 0 bridgehead atoms. The topological polar surface area (TPSA) is 53.6 Å². The SMILES string of the molecule is Cn1c(Cl)cnc1CNc1ccc(F)c(C#N)c1. The van der Waals surface area contributed by atoms with E-state index in [0.717, 1.165) is 5.82 Å². The van der Waals surface area contributed by atoms with Crippen LogP contribution in [0, 0.1) is 17.1 Å². The average Bonchev–Trinajstić information content (AvgIpc) is 2.69. The number of nitriles is 1. The smallest absolute Gasteiger partial charge is 0.141 e. The zero-order valence-corrected chi connectivity index (χ0v) is 10.4. The molecule has 0 aliphatic carbocycles. The normalized spacial score (nSPS) is 10.1. The standard InChI is InChI=1S/C12H10ClFN4/c1-18-11(13)6-17-12(18)7-16-9-2-3-10(14)8(4-9)5-15/h2-4,6,16H,7H2,1H3. The van der Waals surface area contributed by atoms with E-state index < -0.39 is 5.82 Å². The molecule has 1 aromatic heterocycles. The minimum atomic E-state index is -0.525. The summed E-state index contributed by atoms with van der Waals surface area (Å²) in [4.78, 5) is 4.12. The van der Waals surface area contributed by atoms with Crippen molar-refractivity contribution in [1.29, 1.82) is 5.26 Å². The van der Waals surface area contributed by atoms with Crippen molar-refractivity contribution in [1.82, 2.24) is 9.55 Å². The van der Waals surface area contributed by atoms with Gasteiger partial charge in [-0.2, -0.15) is 5.26 Å². The van der Waals surface area contributed by atoms with Gasteiger partial charge >= 0.3 is 0 Å². The fraction of sp³-hybridized carbons (Fsp3) is 0.167. The Morgan fingerprint density at radius 3 is 2.94 bits per heavy atom. The van der Waals surface area contributed by atoms with E-state index >= 15 is 0 Å². The van der Waals surface area contributed by atoms with Gasteiger partial charge in [0, 0.05) is 12.7 Å². The third kappa shape index (κ3) is 2.44. The first-order valence-corrected chi connectivity index (χ1v) is 5.59. The zero-order chi connectivity index (χ0) is 13.1. The summed E-state index contributed by atoms with van der Waals surface area (Å²) in [5.41, 5.74) is 0.671. The third-order valence-electron chi connectivity index (χ3n) is 2.57. The molecular weight excluding hydrogens is 255 g/mol. The lowest BCUT2D eigenvalue weighted by Crippen LogP contribution is -2.06. The number of imidazole rings is 1. The zero-order valence-electron chi connectivity index (χ0n) is 9.61. The second-order valence-electron chi connectivity index (χ2n) is 3.72. The average molecular weight is 265 g/mol. The van der Waals surface area contributed by atoms with Crippen molar-refractivity contribution in [3.05, 3.63) is 46.8 Å². The molecule has 6 heteroatoms. The van der Waals surface area contributed by atoms with E-state index in [1.807, 2.05) is 0 Å². The molecule has 0 amide bonds. The van der Waals surface area contributed by atoms with Gasteiger partial charge in [0.2, 0.25) is 0 Å². The molecule has 1 heterocycles. The quantitative estimate of drug-likeness (QED) is 0.927. The van der Waals surface area contributed by atoms with Gasteiger partial charge in [-0.3, -0.25) is 0 Å². The lowest BCUT2D eigenvalue weighted by molar-refractivity contribution is 0.624. The highest BCUT2D eigenvalue weighted by Gasteiger charge is 2.05. The maximum atomic E-state index is 13.1. The van der Waals surface area contributed by atoms with Crippen LogP contribution in [0.15, 0.2) is 24.4 Å². The van der Waals surface area contributed by atoms with Crippen LogP contribution < -0.4 is 5.32 Å². The molecule has 0 atom stereocenters. The molecule has 1 aromatic carbocycles. The molecule has 0 saturated carbocycles. The van der Waals surface area contributed by atoms with E-state index in [9.17, 15) is 4.39 Å². The summed E-state index contributed by atoms with van der Waals surface area (Å²) < 4.78 is 14.9. The summed E-state index contributed by atoms with van der Waals surface area (Å²) in [6, 6.07) is 6.08. The van der Waals surface area contributed by atoms with Crippen molar-refractivity contribution in [3.8, 4) is 6.07 Å². The van der Waals surface area contributed by atoms with Gasteiger partial charge in [-0.1, -0.05) is 11.6 Å². The number of anilines is 1. The van der Waals surface area contributed by atoms with E-state index in [-0.39, 0.29) is 5.56 Å². The first-order chi connectivity index (χ1) is 8.61. The van der Waals surface area contributed by atoms with Gasteiger partial charge in [0.1, 0.15) is 22.9 Å². The van der Waals surface area contributed by atoms with Gasteiger partial charge in [0.25, 0.3) is 0 Å². The molecule has 0 saturated heterocycles. The van der Waals surface area contributed by atoms with Gasteiger partial charge < -0.3 is 9.88 Å². The predicted molar refractivity (Wildman–Crippen MR) is 66.7 cm³/mol. The summed E-state index contributed by atoms with van der Waals surface area (Å²) in [6.07, 6.45) is 1.56. The second-order valence-corrected chi connectivity index (χ2v) is 4.10. The molecule has 2 aromatic rings. The fourth-order valence-electron chi connectivity index (χ4n) is 1.49. The Kier molecular flexibility index (Phi) is 3.49. The predicted octanol–water partition coefficient (Wildman–Crippen LogP) is 2.70. The van der Waals surface area contributed by atoms with Gasteiger partial charge in [-0.25, -0.2) is 9.37 Å². The first kappa shape index (κ1) is 12.4. The Bertz CT molecular complexity index is 615. The van der Waals surface area contributed by atoms with Crippen LogP contribution in [0.1, 0.15) is 11.4 Å². The molecule has 0 radical (unpaired) electrons. The molecule has 0 aliphatic heterocycles. The number of nitrogens with one attached hydrogen (secondary N) is 1. The van der Waals surface area contributed by atoms with E-state index in [1.165, 1.54) is 12.1 Å². The minimum absolute atomic E-state index is 0.0119. The lowest BCUT2D eigenvalue weighted by atomic mass is 10.2. The van der Waals surface area contributed by atoms with E-state index in [2.05, 4.69) is 10.3 Å². The molecule has 92 valence electrons. The summed E-state index contributed by atoms with van der Waals surface area (Å²) in [5.74, 6) is 0.228. The summed E-state index contributed by atoms with van der Waals surface area (Å²) in [6.45, 7) is 0.444. The Morgan fingerprint density at radius 2 is 2.33 bits per heavy atom. The first-order valence-electron chi connectivity index (χ1n) is 5.21. The van der Waals surface area contributed by atoms with Gasteiger partial charge in [0.15, 0.2) is 0 Å². The summed E-state index contributed by atoms with van der Waals surface area (Å²) in [5, 5.41) is 12.3. The fourth-order valence-corrected chi connectivity index (χ4v) is 1.64. The Balaban J connectivity index is 2.11. The van der Waals surface area contributed by atoms with Crippen LogP contribution in [0.3, 0.4) is 0 Å². The molecule has 4 nitrogen and oxygen atoms in total. The maximum Gasteiger partial charge on any atom is 0.141 e. The van der Waals surface area contributed by atoms with Crippen molar-refractivity contribution in [2.45, 2.75) is 6.54 Å². The van der Waals surface area contributed by atoms with E-state index in [0.29, 0.717) is 17.4 Å². The number of benzene rings is 1. The highest BCUT2D eigenvalue weighted by Crippen LogP contribution is 2.15. The molecular formula is C12H10ClFN4. The van der Waals surface area contributed by atoms with Crippen LogP contribution in [0.2, 0.25) is 5.15 Å². The van der Waals surface area contributed by atoms with Crippen LogP contribution in [-0.4, -0.2) is 9.55 Å². The molecule has 1 N–H and O–H groups in total. The van der Waals surface area contributed by atoms with Crippen LogP contribution in [0.4, 0.5) is 10.1 Å². The summed E-state index contributed by atoms with van der Waals surface area (Å²) in [7, 11) is 1.80. The molecule has 0 spiro atoms. The molecule has 2 rings (SSSR count). The van der Waals surface area contributed by atoms with Crippen LogP contribution in [0.25, 0.3) is 0 Å². The number of hydrogen-bond donors (Lipinski definition) is 1. The minimum Gasteiger partial charge on any atom is -0.378 e. The molecule has 0 unspecified atom stereocenters. The van der Waals surface area contributed by atoms with Crippen molar-refractivity contribution in [2.75, 3.05) is 5.32 Å². The van der Waals surface area contributed by atoms with Crippen molar-refractivity contribution >= 4 is 17.3 Å². The number of hydrogen-bond acceptors (Lipinski definition) is 3. The number of halogens is 2. The Morgan fingerprint density at radius 1 is 1.56 bits per heavy atom. The highest BCUT2D eigenvalue weighted by molar-refractivity contribution is 6.29. The van der Waals surface area contributed by atoms with Gasteiger partial charge in [-0.05, 0) is 18.2 Å². The van der Waals surface area contributed by atoms with E-state index in [1.54, 1.807) is 29.9 Å². The second kappa shape index (κ2) is 5.07. The molecule has 0 fully saturated rings. The highest BCUT2D eigenvalue weighted by atomic mass is 35.5. The Labute approximate surface area is 109 Å². The van der Waals surface area contributed by atoms with Gasteiger partial charge in [0.05, 0.1) is 18.3 Å². The van der Waals surface area contributed by atoms with E-state index in [4.69, 9.17) is 16.9 Å². The van der Waals surface area contributed by atoms with Crippen molar-refractivity contribution < 1.29 is 4.39 Å². The number of aromatic nitrogens is 2. The largest absolute Gasteiger partial charge is 0.378 e. The van der Waals surface area contributed by atoms with Crippen LogP contribution in [-0.2, 0) is 13.6 Å². The monoisotopic (exact) mass is 264 g/mol. The lowest BCUT2D eigenvalue weighted by Gasteiger charge is -2.07. The van der Waals surface area contributed by atoms with Crippen molar-refractivity contribution in [2.24, 2.45) is 7.05 Å². The number of rotatable bonds is 3. The Hall–Kier alpha value is -2.06. The maximum absolute atomic E-state index is 13.1. The van der Waals surface area contributed by atoms with Crippen LogP contribution >= 0.6 is 11.6 Å². The van der Waals surface area contributed by atoms with Crippen molar-refractivity contribution in [3.63, 3.8) is 0 Å². The number of nitrogens with zero attached hydrogens (tertiary/aromatic N) is 3.